The van der Waals surface area contributed by atoms with Crippen LogP contribution in [0.3, 0.4) is 0 Å². The predicted octanol–water partition coefficient (Wildman–Crippen LogP) is 4.62. The third-order valence-electron chi connectivity index (χ3n) is 4.44. The quantitative estimate of drug-likeness (QED) is 0.589. The van der Waals surface area contributed by atoms with E-state index < -0.39 is 0 Å². The number of furan rings is 1. The van der Waals surface area contributed by atoms with Gasteiger partial charge < -0.3 is 19.2 Å². The average Bonchev–Trinajstić information content (AvgIpc) is 3.25. The van der Waals surface area contributed by atoms with Gasteiger partial charge in [-0.1, -0.05) is 30.3 Å². The Hall–Kier alpha value is -3.21. The first kappa shape index (κ1) is 19.5. The molecule has 3 aromatic rings. The summed E-state index contributed by atoms with van der Waals surface area (Å²) in [6.07, 6.45) is 3.24. The van der Waals surface area contributed by atoms with Gasteiger partial charge in [0, 0.05) is 18.0 Å². The molecule has 146 valence electrons. The lowest BCUT2D eigenvalue weighted by atomic mass is 10.1. The van der Waals surface area contributed by atoms with E-state index in [0.29, 0.717) is 23.7 Å². The molecule has 0 saturated carbocycles. The molecule has 1 aromatic heterocycles. The standard InChI is InChI=1S/C23H25NO4/c1-17(10-12-20-9-6-14-27-20)24-23(25)19-11-13-21(22(15-19)26-2)28-16-18-7-4-3-5-8-18/h3-9,11,13-15,17H,10,12,16H2,1-2H3,(H,24,25). The zero-order valence-corrected chi connectivity index (χ0v) is 16.2. The van der Waals surface area contributed by atoms with Gasteiger partial charge in [-0.15, -0.1) is 0 Å². The summed E-state index contributed by atoms with van der Waals surface area (Å²) >= 11 is 0. The fraction of sp³-hybridized carbons (Fsp3) is 0.261. The highest BCUT2D eigenvalue weighted by Crippen LogP contribution is 2.29. The van der Waals surface area contributed by atoms with Gasteiger partial charge in [-0.2, -0.15) is 0 Å². The first-order valence-corrected chi connectivity index (χ1v) is 9.33. The van der Waals surface area contributed by atoms with Crippen molar-refractivity contribution in [1.29, 1.82) is 0 Å². The number of carbonyl (C=O) groups is 1. The molecule has 0 fully saturated rings. The van der Waals surface area contributed by atoms with Crippen LogP contribution in [0, 0.1) is 0 Å². The highest BCUT2D eigenvalue weighted by Gasteiger charge is 2.14. The van der Waals surface area contributed by atoms with Crippen molar-refractivity contribution in [2.24, 2.45) is 0 Å². The van der Waals surface area contributed by atoms with Crippen molar-refractivity contribution in [2.75, 3.05) is 7.11 Å². The minimum atomic E-state index is -0.139. The molecule has 5 nitrogen and oxygen atoms in total. The third kappa shape index (κ3) is 5.39. The molecule has 1 amide bonds. The maximum Gasteiger partial charge on any atom is 0.251 e. The maximum atomic E-state index is 12.5. The van der Waals surface area contributed by atoms with Crippen LogP contribution in [0.25, 0.3) is 0 Å². The smallest absolute Gasteiger partial charge is 0.251 e. The summed E-state index contributed by atoms with van der Waals surface area (Å²) < 4.78 is 16.6. The van der Waals surface area contributed by atoms with E-state index in [1.807, 2.05) is 49.4 Å². The number of hydrogen-bond acceptors (Lipinski definition) is 4. The van der Waals surface area contributed by atoms with E-state index in [2.05, 4.69) is 5.32 Å². The maximum absolute atomic E-state index is 12.5. The summed E-state index contributed by atoms with van der Waals surface area (Å²) in [5.74, 6) is 1.92. The summed E-state index contributed by atoms with van der Waals surface area (Å²) in [5, 5.41) is 3.01. The van der Waals surface area contributed by atoms with Crippen LogP contribution in [-0.2, 0) is 13.0 Å². The Morgan fingerprint density at radius 1 is 1.07 bits per heavy atom. The van der Waals surface area contributed by atoms with Crippen LogP contribution in [0.15, 0.2) is 71.3 Å². The minimum Gasteiger partial charge on any atom is -0.493 e. The van der Waals surface area contributed by atoms with Gasteiger partial charge in [0.25, 0.3) is 5.91 Å². The van der Waals surface area contributed by atoms with Crippen molar-refractivity contribution in [3.8, 4) is 11.5 Å². The number of benzene rings is 2. The lowest BCUT2D eigenvalue weighted by molar-refractivity contribution is 0.0937. The van der Waals surface area contributed by atoms with Crippen molar-refractivity contribution in [3.63, 3.8) is 0 Å². The summed E-state index contributed by atoms with van der Waals surface area (Å²) in [4.78, 5) is 12.5. The Bertz CT molecular complexity index is 875. The van der Waals surface area contributed by atoms with Crippen LogP contribution in [-0.4, -0.2) is 19.1 Å². The summed E-state index contributed by atoms with van der Waals surface area (Å²) in [5.41, 5.74) is 1.60. The molecule has 0 saturated heterocycles. The molecule has 0 spiro atoms. The Morgan fingerprint density at radius 2 is 1.89 bits per heavy atom. The SMILES string of the molecule is COc1cc(C(=O)NC(C)CCc2ccco2)ccc1OCc1ccccc1. The van der Waals surface area contributed by atoms with Gasteiger partial charge in [0.1, 0.15) is 12.4 Å². The Labute approximate surface area is 165 Å². The van der Waals surface area contributed by atoms with E-state index in [9.17, 15) is 4.79 Å². The van der Waals surface area contributed by atoms with Crippen molar-refractivity contribution < 1.29 is 18.7 Å². The molecule has 0 aliphatic carbocycles. The Kier molecular flexibility index (Phi) is 6.73. The molecule has 1 N–H and O–H groups in total. The lowest BCUT2D eigenvalue weighted by Gasteiger charge is -2.15. The Balaban J connectivity index is 1.57. The van der Waals surface area contributed by atoms with Crippen LogP contribution >= 0.6 is 0 Å². The second-order valence-electron chi connectivity index (χ2n) is 6.63. The molecule has 3 rings (SSSR count). The number of amides is 1. The van der Waals surface area contributed by atoms with Gasteiger partial charge >= 0.3 is 0 Å². The molecule has 0 aliphatic heterocycles. The predicted molar refractivity (Wildman–Crippen MR) is 108 cm³/mol. The molecule has 1 heterocycles. The summed E-state index contributed by atoms with van der Waals surface area (Å²) in [6, 6.07) is 18.9. The summed E-state index contributed by atoms with van der Waals surface area (Å²) in [7, 11) is 1.57. The second-order valence-corrected chi connectivity index (χ2v) is 6.63. The number of aryl methyl sites for hydroxylation is 1. The van der Waals surface area contributed by atoms with Crippen LogP contribution in [0.2, 0.25) is 0 Å². The van der Waals surface area contributed by atoms with Crippen LogP contribution in [0.1, 0.15) is 35.0 Å². The molecule has 0 radical (unpaired) electrons. The largest absolute Gasteiger partial charge is 0.493 e. The van der Waals surface area contributed by atoms with E-state index in [4.69, 9.17) is 13.9 Å². The second kappa shape index (κ2) is 9.65. The van der Waals surface area contributed by atoms with E-state index in [1.54, 1.807) is 31.6 Å². The fourth-order valence-corrected chi connectivity index (χ4v) is 2.86. The normalized spacial score (nSPS) is 11.6. The van der Waals surface area contributed by atoms with Crippen molar-refractivity contribution in [2.45, 2.75) is 32.4 Å². The first-order valence-electron chi connectivity index (χ1n) is 9.33. The third-order valence-corrected chi connectivity index (χ3v) is 4.44. The van der Waals surface area contributed by atoms with Gasteiger partial charge in [0.05, 0.1) is 13.4 Å². The topological polar surface area (TPSA) is 60.7 Å². The zero-order valence-electron chi connectivity index (χ0n) is 16.2. The van der Waals surface area contributed by atoms with E-state index in [-0.39, 0.29) is 11.9 Å². The number of methoxy groups -OCH3 is 1. The van der Waals surface area contributed by atoms with Gasteiger partial charge in [-0.05, 0) is 49.2 Å². The van der Waals surface area contributed by atoms with Gasteiger partial charge in [0.15, 0.2) is 11.5 Å². The number of ether oxygens (including phenoxy) is 2. The number of rotatable bonds is 9. The molecule has 28 heavy (non-hydrogen) atoms. The highest BCUT2D eigenvalue weighted by molar-refractivity contribution is 5.95. The highest BCUT2D eigenvalue weighted by atomic mass is 16.5. The number of carbonyl (C=O) groups excluding carboxylic acids is 1. The van der Waals surface area contributed by atoms with Gasteiger partial charge in [-0.25, -0.2) is 0 Å². The van der Waals surface area contributed by atoms with Crippen molar-refractivity contribution in [1.82, 2.24) is 5.32 Å². The number of hydrogen-bond donors (Lipinski definition) is 1. The molecule has 0 aliphatic rings. The monoisotopic (exact) mass is 379 g/mol. The van der Waals surface area contributed by atoms with Crippen molar-refractivity contribution >= 4 is 5.91 Å². The van der Waals surface area contributed by atoms with Crippen molar-refractivity contribution in [3.05, 3.63) is 83.8 Å². The molecular formula is C23H25NO4. The zero-order chi connectivity index (χ0) is 19.8. The van der Waals surface area contributed by atoms with Gasteiger partial charge in [0.2, 0.25) is 0 Å². The van der Waals surface area contributed by atoms with Crippen LogP contribution in [0.4, 0.5) is 0 Å². The number of nitrogens with one attached hydrogen (secondary N) is 1. The molecule has 0 bridgehead atoms. The summed E-state index contributed by atoms with van der Waals surface area (Å²) in [6.45, 7) is 2.42. The fourth-order valence-electron chi connectivity index (χ4n) is 2.86. The van der Waals surface area contributed by atoms with Gasteiger partial charge in [-0.3, -0.25) is 4.79 Å². The molecule has 1 unspecified atom stereocenters. The van der Waals surface area contributed by atoms with Crippen LogP contribution < -0.4 is 14.8 Å². The lowest BCUT2D eigenvalue weighted by Crippen LogP contribution is -2.32. The van der Waals surface area contributed by atoms with E-state index in [0.717, 1.165) is 24.2 Å². The molecule has 1 atom stereocenters. The van der Waals surface area contributed by atoms with E-state index in [1.165, 1.54) is 0 Å². The molecular weight excluding hydrogens is 354 g/mol. The van der Waals surface area contributed by atoms with Crippen LogP contribution in [0.5, 0.6) is 11.5 Å². The molecule has 5 heteroatoms. The minimum absolute atomic E-state index is 0.0256. The average molecular weight is 379 g/mol. The first-order chi connectivity index (χ1) is 13.7. The van der Waals surface area contributed by atoms with E-state index >= 15 is 0 Å². The molecule has 2 aromatic carbocycles. The Morgan fingerprint density at radius 3 is 2.61 bits per heavy atom.